The van der Waals surface area contributed by atoms with Gasteiger partial charge >= 0.3 is 0 Å². The summed E-state index contributed by atoms with van der Waals surface area (Å²) in [5.74, 6) is 0.516. The van der Waals surface area contributed by atoms with E-state index in [-0.39, 0.29) is 23.8 Å². The summed E-state index contributed by atoms with van der Waals surface area (Å²) in [4.78, 5) is 26.4. The van der Waals surface area contributed by atoms with E-state index in [1.165, 1.54) is 0 Å². The maximum Gasteiger partial charge on any atom is 0.225 e. The average Bonchev–Trinajstić information content (AvgIpc) is 2.84. The van der Waals surface area contributed by atoms with E-state index in [4.69, 9.17) is 23.2 Å². The van der Waals surface area contributed by atoms with Gasteiger partial charge in [0.15, 0.2) is 0 Å². The monoisotopic (exact) mass is 368 g/mol. The zero-order chi connectivity index (χ0) is 17.3. The molecule has 0 aromatic heterocycles. The van der Waals surface area contributed by atoms with Crippen molar-refractivity contribution in [2.75, 3.05) is 13.1 Å². The molecule has 0 spiro atoms. The van der Waals surface area contributed by atoms with Crippen molar-refractivity contribution in [3.05, 3.63) is 33.8 Å². The highest BCUT2D eigenvalue weighted by atomic mass is 35.5. The van der Waals surface area contributed by atoms with E-state index in [0.717, 1.165) is 24.9 Å². The minimum absolute atomic E-state index is 0.112. The van der Waals surface area contributed by atoms with Crippen LogP contribution < -0.4 is 5.32 Å². The van der Waals surface area contributed by atoms with E-state index in [1.54, 1.807) is 6.07 Å². The molecule has 1 aromatic rings. The summed E-state index contributed by atoms with van der Waals surface area (Å²) >= 11 is 12.0. The maximum absolute atomic E-state index is 12.8. The third-order valence-corrected chi connectivity index (χ3v) is 5.76. The average molecular weight is 369 g/mol. The highest BCUT2D eigenvalue weighted by Gasteiger charge is 2.38. The Labute approximate surface area is 152 Å². The maximum atomic E-state index is 12.8. The minimum atomic E-state index is -0.125. The van der Waals surface area contributed by atoms with Gasteiger partial charge in [0.25, 0.3) is 0 Å². The number of nitrogens with zero attached hydrogens (tertiary/aromatic N) is 1. The first kappa shape index (κ1) is 17.6. The van der Waals surface area contributed by atoms with Gasteiger partial charge in [-0.05, 0) is 42.9 Å². The number of nitrogens with one attached hydrogen (secondary N) is 1. The Kier molecular flexibility index (Phi) is 5.36. The fourth-order valence-corrected chi connectivity index (χ4v) is 4.05. The van der Waals surface area contributed by atoms with Gasteiger partial charge in [0.1, 0.15) is 0 Å². The van der Waals surface area contributed by atoms with E-state index in [9.17, 15) is 9.59 Å². The number of benzene rings is 1. The van der Waals surface area contributed by atoms with Crippen molar-refractivity contribution in [3.63, 3.8) is 0 Å². The van der Waals surface area contributed by atoms with Crippen molar-refractivity contribution in [1.82, 2.24) is 10.2 Å². The molecule has 2 aliphatic rings. The Morgan fingerprint density at radius 1 is 1.33 bits per heavy atom. The third-order valence-electron chi connectivity index (χ3n) is 5.03. The Morgan fingerprint density at radius 3 is 2.88 bits per heavy atom. The largest absolute Gasteiger partial charge is 0.351 e. The van der Waals surface area contributed by atoms with Gasteiger partial charge in [0.2, 0.25) is 11.8 Å². The number of hydrogen-bond acceptors (Lipinski definition) is 2. The summed E-state index contributed by atoms with van der Waals surface area (Å²) in [5.41, 5.74) is 1.01. The van der Waals surface area contributed by atoms with Crippen molar-refractivity contribution >= 4 is 35.0 Å². The lowest BCUT2D eigenvalue weighted by Crippen LogP contribution is -2.40. The molecule has 0 radical (unpaired) electrons. The molecule has 0 aliphatic carbocycles. The number of carbonyl (C=O) groups excluding carboxylic acids is 2. The number of hydrogen-bond donors (Lipinski definition) is 1. The summed E-state index contributed by atoms with van der Waals surface area (Å²) < 4.78 is 0. The zero-order valence-corrected chi connectivity index (χ0v) is 15.2. The van der Waals surface area contributed by atoms with Crippen LogP contribution in [0.3, 0.4) is 0 Å². The summed E-state index contributed by atoms with van der Waals surface area (Å²) in [6.45, 7) is 3.31. The molecule has 2 saturated heterocycles. The third kappa shape index (κ3) is 3.86. The molecule has 4 nitrogen and oxygen atoms in total. The van der Waals surface area contributed by atoms with Crippen LogP contribution in [0.15, 0.2) is 18.2 Å². The van der Waals surface area contributed by atoms with Gasteiger partial charge in [-0.25, -0.2) is 0 Å². The Balaban J connectivity index is 1.61. The number of amides is 2. The van der Waals surface area contributed by atoms with Gasteiger partial charge < -0.3 is 10.2 Å². The molecule has 1 aromatic carbocycles. The Morgan fingerprint density at radius 2 is 2.12 bits per heavy atom. The SMILES string of the molecule is CC(Cc1ccc(Cl)c(Cl)c1)C(=O)N1CC2CCCC(=O)NC2C1. The molecule has 3 unspecified atom stereocenters. The zero-order valence-electron chi connectivity index (χ0n) is 13.7. The first-order chi connectivity index (χ1) is 11.4. The molecule has 2 aliphatic heterocycles. The standard InChI is InChI=1S/C18H22Cl2N2O2/c1-11(7-12-5-6-14(19)15(20)8-12)18(24)22-9-13-3-2-4-17(23)21-16(13)10-22/h5-6,8,11,13,16H,2-4,7,9-10H2,1H3,(H,21,23). The Bertz CT molecular complexity index is 650. The van der Waals surface area contributed by atoms with Crippen molar-refractivity contribution in [2.45, 2.75) is 38.6 Å². The summed E-state index contributed by atoms with van der Waals surface area (Å²) in [5, 5.41) is 4.10. The molecule has 2 fully saturated rings. The quantitative estimate of drug-likeness (QED) is 0.889. The second-order valence-electron chi connectivity index (χ2n) is 6.92. The molecule has 3 rings (SSSR count). The van der Waals surface area contributed by atoms with E-state index in [2.05, 4.69) is 5.32 Å². The lowest BCUT2D eigenvalue weighted by molar-refractivity contribution is -0.134. The predicted molar refractivity (Wildman–Crippen MR) is 95.2 cm³/mol. The number of halogens is 2. The molecule has 0 bridgehead atoms. The summed E-state index contributed by atoms with van der Waals surface area (Å²) in [6, 6.07) is 5.61. The van der Waals surface area contributed by atoms with Crippen molar-refractivity contribution in [3.8, 4) is 0 Å². The summed E-state index contributed by atoms with van der Waals surface area (Å²) in [6.07, 6.45) is 3.16. The Hall–Kier alpha value is -1.26. The molecule has 6 heteroatoms. The van der Waals surface area contributed by atoms with Crippen LogP contribution in [-0.4, -0.2) is 35.8 Å². The van der Waals surface area contributed by atoms with Gasteiger partial charge in [0.05, 0.1) is 16.1 Å². The van der Waals surface area contributed by atoms with Crippen LogP contribution in [0.4, 0.5) is 0 Å². The van der Waals surface area contributed by atoms with Crippen LogP contribution in [0.1, 0.15) is 31.7 Å². The molecule has 3 atom stereocenters. The molecular formula is C18H22Cl2N2O2. The van der Waals surface area contributed by atoms with Crippen molar-refractivity contribution in [2.24, 2.45) is 11.8 Å². The van der Waals surface area contributed by atoms with Crippen LogP contribution in [0.2, 0.25) is 10.0 Å². The van der Waals surface area contributed by atoms with Crippen LogP contribution in [0.5, 0.6) is 0 Å². The van der Waals surface area contributed by atoms with E-state index < -0.39 is 0 Å². The molecule has 0 saturated carbocycles. The summed E-state index contributed by atoms with van der Waals surface area (Å²) in [7, 11) is 0. The lowest BCUT2D eigenvalue weighted by atomic mass is 9.99. The molecule has 2 heterocycles. The fourth-order valence-electron chi connectivity index (χ4n) is 3.73. The first-order valence-electron chi connectivity index (χ1n) is 8.46. The molecule has 24 heavy (non-hydrogen) atoms. The second-order valence-corrected chi connectivity index (χ2v) is 7.74. The van der Waals surface area contributed by atoms with Gasteiger partial charge in [-0.1, -0.05) is 36.2 Å². The number of fused-ring (bicyclic) bond motifs is 1. The molecule has 130 valence electrons. The van der Waals surface area contributed by atoms with Gasteiger partial charge in [-0.15, -0.1) is 0 Å². The predicted octanol–water partition coefficient (Wildman–Crippen LogP) is 3.30. The normalized spacial score (nSPS) is 25.0. The van der Waals surface area contributed by atoms with Crippen LogP contribution in [0, 0.1) is 11.8 Å². The molecule has 2 amide bonds. The van der Waals surface area contributed by atoms with Crippen molar-refractivity contribution < 1.29 is 9.59 Å². The highest BCUT2D eigenvalue weighted by Crippen LogP contribution is 2.28. The van der Waals surface area contributed by atoms with Crippen molar-refractivity contribution in [1.29, 1.82) is 0 Å². The fraction of sp³-hybridized carbons (Fsp3) is 0.556. The number of rotatable bonds is 3. The topological polar surface area (TPSA) is 49.4 Å². The van der Waals surface area contributed by atoms with E-state index >= 15 is 0 Å². The number of likely N-dealkylation sites (tertiary alicyclic amines) is 1. The molecule has 1 N–H and O–H groups in total. The smallest absolute Gasteiger partial charge is 0.225 e. The molecular weight excluding hydrogens is 347 g/mol. The van der Waals surface area contributed by atoms with Crippen LogP contribution in [0.25, 0.3) is 0 Å². The van der Waals surface area contributed by atoms with Gasteiger partial charge in [-0.3, -0.25) is 9.59 Å². The second kappa shape index (κ2) is 7.32. The first-order valence-corrected chi connectivity index (χ1v) is 9.21. The van der Waals surface area contributed by atoms with Crippen LogP contribution >= 0.6 is 23.2 Å². The van der Waals surface area contributed by atoms with E-state index in [1.807, 2.05) is 24.0 Å². The lowest BCUT2D eigenvalue weighted by Gasteiger charge is -2.21. The van der Waals surface area contributed by atoms with Gasteiger partial charge in [0, 0.05) is 25.4 Å². The van der Waals surface area contributed by atoms with Crippen LogP contribution in [-0.2, 0) is 16.0 Å². The number of carbonyl (C=O) groups is 2. The minimum Gasteiger partial charge on any atom is -0.351 e. The van der Waals surface area contributed by atoms with E-state index in [0.29, 0.717) is 35.3 Å². The van der Waals surface area contributed by atoms with Gasteiger partial charge in [-0.2, -0.15) is 0 Å². The highest BCUT2D eigenvalue weighted by molar-refractivity contribution is 6.42.